The van der Waals surface area contributed by atoms with Crippen LogP contribution in [0.1, 0.15) is 33.6 Å². The molecular weight excluding hydrogens is 418 g/mol. The third-order valence-corrected chi connectivity index (χ3v) is 7.06. The molecule has 3 amide bonds. The monoisotopic (exact) mass is 447 g/mol. The summed E-state index contributed by atoms with van der Waals surface area (Å²) in [6.07, 6.45) is 1.95. The van der Waals surface area contributed by atoms with Crippen molar-refractivity contribution in [1.29, 1.82) is 0 Å². The zero-order chi connectivity index (χ0) is 22.0. The summed E-state index contributed by atoms with van der Waals surface area (Å²) in [5.41, 5.74) is 0. The van der Waals surface area contributed by atoms with E-state index in [2.05, 4.69) is 17.2 Å². The highest BCUT2D eigenvalue weighted by atomic mass is 33.1. The summed E-state index contributed by atoms with van der Waals surface area (Å²) in [5, 5.41) is 14.1. The number of nitrogens with zero attached hydrogens (tertiary/aromatic N) is 1. The second-order valence-corrected chi connectivity index (χ2v) is 10.5. The van der Waals surface area contributed by atoms with E-state index in [9.17, 15) is 24.3 Å². The van der Waals surface area contributed by atoms with Gasteiger partial charge in [-0.2, -0.15) is 0 Å². The van der Waals surface area contributed by atoms with Crippen LogP contribution in [0.25, 0.3) is 0 Å². The third kappa shape index (κ3) is 9.44. The van der Waals surface area contributed by atoms with E-state index in [0.717, 1.165) is 0 Å². The molecule has 0 aromatic heterocycles. The van der Waals surface area contributed by atoms with E-state index in [-0.39, 0.29) is 23.7 Å². The number of hydrogen-bond donors (Lipinski definition) is 3. The van der Waals surface area contributed by atoms with E-state index >= 15 is 0 Å². The van der Waals surface area contributed by atoms with Crippen LogP contribution in [0.15, 0.2) is 12.7 Å². The van der Waals surface area contributed by atoms with Crippen LogP contribution in [0, 0.1) is 0 Å². The van der Waals surface area contributed by atoms with Gasteiger partial charge in [-0.25, -0.2) is 9.59 Å². The second kappa shape index (κ2) is 12.0. The van der Waals surface area contributed by atoms with Crippen LogP contribution in [-0.2, 0) is 19.1 Å². The van der Waals surface area contributed by atoms with Gasteiger partial charge < -0.3 is 20.5 Å². The van der Waals surface area contributed by atoms with Crippen molar-refractivity contribution in [2.75, 3.05) is 25.4 Å². The minimum atomic E-state index is -1.14. The van der Waals surface area contributed by atoms with Crippen LogP contribution >= 0.6 is 21.6 Å². The number of carbonyl (C=O) groups is 4. The number of amides is 3. The SMILES string of the molecule is C=CCOC(=O)N1CCC[C@H]1C(=O)NCC(=O)N[C@@H](CSSC(C)(C)C)C(=O)O. The van der Waals surface area contributed by atoms with Gasteiger partial charge in [-0.05, 0) is 12.8 Å². The molecule has 1 aliphatic rings. The number of ether oxygens (including phenoxy) is 1. The predicted octanol–water partition coefficient (Wildman–Crippen LogP) is 1.64. The molecule has 0 aliphatic carbocycles. The standard InChI is InChI=1S/C18H29N3O6S2/c1-5-9-27-17(26)21-8-6-7-13(21)15(23)19-10-14(22)20-12(16(24)25)11-28-29-18(2,3)4/h5,12-13H,1,6-11H2,2-4H3,(H,19,23)(H,20,22)(H,24,25)/t12-,13-/m0/s1. The average Bonchev–Trinajstić information content (AvgIpc) is 3.12. The quantitative estimate of drug-likeness (QED) is 0.341. The van der Waals surface area contributed by atoms with E-state index < -0.39 is 36.0 Å². The normalized spacial score (nSPS) is 17.3. The Morgan fingerprint density at radius 2 is 2.03 bits per heavy atom. The molecule has 1 saturated heterocycles. The molecule has 0 unspecified atom stereocenters. The van der Waals surface area contributed by atoms with Gasteiger partial charge in [-0.1, -0.05) is 55.0 Å². The Hall–Kier alpha value is -1.88. The van der Waals surface area contributed by atoms with Gasteiger partial charge in [0, 0.05) is 17.0 Å². The van der Waals surface area contributed by atoms with Crippen molar-refractivity contribution in [3.63, 3.8) is 0 Å². The molecule has 3 N–H and O–H groups in total. The third-order valence-electron chi connectivity index (χ3n) is 3.71. The molecule has 11 heteroatoms. The lowest BCUT2D eigenvalue weighted by Gasteiger charge is -2.23. The van der Waals surface area contributed by atoms with Crippen LogP contribution in [0.5, 0.6) is 0 Å². The van der Waals surface area contributed by atoms with Crippen molar-refractivity contribution in [1.82, 2.24) is 15.5 Å². The average molecular weight is 448 g/mol. The topological polar surface area (TPSA) is 125 Å². The highest BCUT2D eigenvalue weighted by molar-refractivity contribution is 8.77. The van der Waals surface area contributed by atoms with Crippen molar-refractivity contribution in [3.8, 4) is 0 Å². The first-order chi connectivity index (χ1) is 13.5. The Labute approximate surface area is 178 Å². The molecule has 1 heterocycles. The first-order valence-corrected chi connectivity index (χ1v) is 11.5. The lowest BCUT2D eigenvalue weighted by Crippen LogP contribution is -2.50. The van der Waals surface area contributed by atoms with Crippen molar-refractivity contribution in [3.05, 3.63) is 12.7 Å². The van der Waals surface area contributed by atoms with Gasteiger partial charge in [0.1, 0.15) is 18.7 Å². The molecule has 2 atom stereocenters. The van der Waals surface area contributed by atoms with Gasteiger partial charge in [0.05, 0.1) is 6.54 Å². The van der Waals surface area contributed by atoms with Crippen molar-refractivity contribution in [2.45, 2.75) is 50.4 Å². The fourth-order valence-electron chi connectivity index (χ4n) is 2.46. The molecule has 9 nitrogen and oxygen atoms in total. The molecule has 0 aromatic carbocycles. The van der Waals surface area contributed by atoms with Crippen LogP contribution in [-0.4, -0.2) is 76.2 Å². The van der Waals surface area contributed by atoms with Crippen LogP contribution in [0.3, 0.4) is 0 Å². The first kappa shape index (κ1) is 25.2. The van der Waals surface area contributed by atoms with E-state index in [1.54, 1.807) is 0 Å². The second-order valence-electron chi connectivity index (χ2n) is 7.37. The van der Waals surface area contributed by atoms with Crippen LogP contribution in [0.4, 0.5) is 4.79 Å². The molecule has 29 heavy (non-hydrogen) atoms. The fourth-order valence-corrected chi connectivity index (χ4v) is 4.91. The van der Waals surface area contributed by atoms with Gasteiger partial charge in [-0.15, -0.1) is 0 Å². The summed E-state index contributed by atoms with van der Waals surface area (Å²) in [4.78, 5) is 49.1. The molecular formula is C18H29N3O6S2. The maximum Gasteiger partial charge on any atom is 0.410 e. The molecule has 0 saturated carbocycles. The van der Waals surface area contributed by atoms with Gasteiger partial charge in [0.25, 0.3) is 0 Å². The lowest BCUT2D eigenvalue weighted by molar-refractivity contribution is -0.141. The van der Waals surface area contributed by atoms with E-state index in [1.807, 2.05) is 20.8 Å². The van der Waals surface area contributed by atoms with Gasteiger partial charge in [0.15, 0.2) is 0 Å². The minimum absolute atomic E-state index is 0.0360. The van der Waals surface area contributed by atoms with Crippen LogP contribution in [0.2, 0.25) is 0 Å². The highest BCUT2D eigenvalue weighted by Crippen LogP contribution is 2.35. The lowest BCUT2D eigenvalue weighted by atomic mass is 10.2. The number of nitrogens with one attached hydrogen (secondary N) is 2. The number of rotatable bonds is 10. The van der Waals surface area contributed by atoms with Gasteiger partial charge >= 0.3 is 12.1 Å². The molecule has 0 radical (unpaired) electrons. The molecule has 1 rings (SSSR count). The Balaban J connectivity index is 2.48. The maximum absolute atomic E-state index is 12.4. The van der Waals surface area contributed by atoms with Crippen molar-refractivity contribution >= 4 is 45.5 Å². The van der Waals surface area contributed by atoms with Crippen molar-refractivity contribution < 1.29 is 29.0 Å². The van der Waals surface area contributed by atoms with Gasteiger partial charge in [-0.3, -0.25) is 14.5 Å². The smallest absolute Gasteiger partial charge is 0.410 e. The Morgan fingerprint density at radius 1 is 1.34 bits per heavy atom. The Bertz CT molecular complexity index is 623. The summed E-state index contributed by atoms with van der Waals surface area (Å²) in [7, 11) is 2.89. The fraction of sp³-hybridized carbons (Fsp3) is 0.667. The number of carbonyl (C=O) groups excluding carboxylic acids is 3. The highest BCUT2D eigenvalue weighted by Gasteiger charge is 2.35. The summed E-state index contributed by atoms with van der Waals surface area (Å²) in [6.45, 7) is 9.56. The number of carboxylic acids is 1. The largest absolute Gasteiger partial charge is 0.480 e. The molecule has 1 aliphatic heterocycles. The Kier molecular flexibility index (Phi) is 10.4. The first-order valence-electron chi connectivity index (χ1n) is 9.20. The molecule has 1 fully saturated rings. The minimum Gasteiger partial charge on any atom is -0.480 e. The summed E-state index contributed by atoms with van der Waals surface area (Å²) >= 11 is 0. The zero-order valence-electron chi connectivity index (χ0n) is 16.9. The maximum atomic E-state index is 12.4. The number of aliphatic carboxylic acids is 1. The zero-order valence-corrected chi connectivity index (χ0v) is 18.6. The van der Waals surface area contributed by atoms with E-state index in [4.69, 9.17) is 4.74 Å². The summed E-state index contributed by atoms with van der Waals surface area (Å²) in [5.74, 6) is -2.02. The number of carboxylic acid groups (broad SMARTS) is 1. The van der Waals surface area contributed by atoms with E-state index in [0.29, 0.717) is 19.4 Å². The van der Waals surface area contributed by atoms with Gasteiger partial charge in [0.2, 0.25) is 11.8 Å². The molecule has 0 bridgehead atoms. The Morgan fingerprint density at radius 3 is 2.62 bits per heavy atom. The van der Waals surface area contributed by atoms with Crippen molar-refractivity contribution in [2.24, 2.45) is 0 Å². The summed E-state index contributed by atoms with van der Waals surface area (Å²) < 4.78 is 4.93. The predicted molar refractivity (Wildman–Crippen MR) is 114 cm³/mol. The number of hydrogen-bond acceptors (Lipinski definition) is 7. The molecule has 164 valence electrons. The molecule has 0 aromatic rings. The summed E-state index contributed by atoms with van der Waals surface area (Å²) in [6, 6.07) is -1.77. The van der Waals surface area contributed by atoms with E-state index in [1.165, 1.54) is 32.6 Å². The molecule has 0 spiro atoms. The van der Waals surface area contributed by atoms with Crippen LogP contribution < -0.4 is 10.6 Å². The number of likely N-dealkylation sites (tertiary alicyclic amines) is 1.